The molecule has 0 bridgehead atoms. The molecule has 0 amide bonds. The van der Waals surface area contributed by atoms with Gasteiger partial charge < -0.3 is 19.4 Å². The number of H-pyrrole nitrogens is 1. The largest absolute Gasteiger partial charge is 0.495 e. The van der Waals surface area contributed by atoms with Gasteiger partial charge in [-0.3, -0.25) is 9.69 Å². The highest BCUT2D eigenvalue weighted by Gasteiger charge is 2.34. The summed E-state index contributed by atoms with van der Waals surface area (Å²) in [5.74, 6) is 1.54. The molecule has 2 aliphatic rings. The minimum absolute atomic E-state index is 0.0808. The Balaban J connectivity index is 1.37. The third-order valence-corrected chi connectivity index (χ3v) is 7.95. The highest BCUT2D eigenvalue weighted by Crippen LogP contribution is 2.32. The smallest absolute Gasteiger partial charge is 0.253 e. The molecular formula is C29H35N7O3. The molecule has 10 nitrogen and oxygen atoms in total. The molecule has 2 aromatic carbocycles. The van der Waals surface area contributed by atoms with Crippen LogP contribution in [0.4, 0.5) is 5.69 Å². The zero-order valence-corrected chi connectivity index (χ0v) is 22.5. The fraction of sp³-hybridized carbons (Fsp3) is 0.448. The molecule has 0 unspecified atom stereocenters. The van der Waals surface area contributed by atoms with E-state index < -0.39 is 0 Å². The van der Waals surface area contributed by atoms with Crippen LogP contribution in [0.1, 0.15) is 42.8 Å². The number of ether oxygens (including phenoxy) is 2. The molecule has 2 saturated heterocycles. The molecule has 2 atom stereocenters. The minimum atomic E-state index is -0.389. The summed E-state index contributed by atoms with van der Waals surface area (Å²) in [5, 5.41) is 13.9. The molecule has 204 valence electrons. The number of anilines is 1. The number of pyridine rings is 1. The number of benzene rings is 2. The van der Waals surface area contributed by atoms with E-state index in [1.165, 1.54) is 5.56 Å². The summed E-state index contributed by atoms with van der Waals surface area (Å²) >= 11 is 0. The maximum atomic E-state index is 13.6. The minimum Gasteiger partial charge on any atom is -0.495 e. The van der Waals surface area contributed by atoms with Gasteiger partial charge in [0, 0.05) is 43.9 Å². The predicted molar refractivity (Wildman–Crippen MR) is 149 cm³/mol. The summed E-state index contributed by atoms with van der Waals surface area (Å²) in [6.07, 6.45) is 3.04. The number of aromatic nitrogens is 5. The average Bonchev–Trinajstić information content (AvgIpc) is 3.66. The topological polar surface area (TPSA) is 101 Å². The highest BCUT2D eigenvalue weighted by atomic mass is 16.5. The Kier molecular flexibility index (Phi) is 7.30. The number of tetrazole rings is 1. The van der Waals surface area contributed by atoms with Crippen molar-refractivity contribution >= 4 is 16.6 Å². The van der Waals surface area contributed by atoms with Crippen LogP contribution in [0.2, 0.25) is 0 Å². The first-order valence-corrected chi connectivity index (χ1v) is 13.8. The van der Waals surface area contributed by atoms with E-state index in [1.54, 1.807) is 7.11 Å². The van der Waals surface area contributed by atoms with Crippen molar-refractivity contribution in [2.45, 2.75) is 44.9 Å². The normalized spacial score (nSPS) is 19.0. The van der Waals surface area contributed by atoms with Crippen molar-refractivity contribution in [2.24, 2.45) is 0 Å². The van der Waals surface area contributed by atoms with Crippen LogP contribution in [0.15, 0.2) is 53.3 Å². The van der Waals surface area contributed by atoms with Crippen molar-refractivity contribution in [3.8, 4) is 5.75 Å². The fourth-order valence-corrected chi connectivity index (χ4v) is 5.83. The zero-order valence-electron chi connectivity index (χ0n) is 22.5. The molecule has 2 aromatic heterocycles. The van der Waals surface area contributed by atoms with Gasteiger partial charge in [0.1, 0.15) is 11.8 Å². The highest BCUT2D eigenvalue weighted by molar-refractivity contribution is 5.80. The summed E-state index contributed by atoms with van der Waals surface area (Å²) in [5.41, 5.74) is 3.68. The second-order valence-corrected chi connectivity index (χ2v) is 10.3. The van der Waals surface area contributed by atoms with E-state index in [2.05, 4.69) is 55.4 Å². The molecule has 4 aromatic rings. The standard InChI is InChI=1S/C29H35N7O3/c1-3-20-10-11-24-21(17-20)18-23(29(37)30-24)27(28-31-32-33-36(28)19-22-7-6-16-39-22)35-14-12-34(13-15-35)25-8-4-5-9-26(25)38-2/h4-5,8-11,17-18,22,27H,3,6-7,12-16,19H2,1-2H3,(H,30,37)/t22-,27+/m1/s1. The van der Waals surface area contributed by atoms with Gasteiger partial charge in [-0.05, 0) is 71.0 Å². The Labute approximate surface area is 227 Å². The number of piperazine rings is 1. The van der Waals surface area contributed by atoms with Crippen LogP contribution in [0.5, 0.6) is 5.75 Å². The van der Waals surface area contributed by atoms with Crippen molar-refractivity contribution in [1.82, 2.24) is 30.1 Å². The number of aromatic amines is 1. The van der Waals surface area contributed by atoms with Gasteiger partial charge in [-0.1, -0.05) is 25.1 Å². The Morgan fingerprint density at radius 3 is 2.74 bits per heavy atom. The zero-order chi connectivity index (χ0) is 26.8. The summed E-state index contributed by atoms with van der Waals surface area (Å²) in [6, 6.07) is 15.9. The lowest BCUT2D eigenvalue weighted by molar-refractivity contribution is 0.0906. The van der Waals surface area contributed by atoms with Gasteiger partial charge in [0.2, 0.25) is 0 Å². The molecule has 0 saturated carbocycles. The molecule has 6 rings (SSSR count). The molecule has 0 radical (unpaired) electrons. The van der Waals surface area contributed by atoms with Crippen LogP contribution >= 0.6 is 0 Å². The number of rotatable bonds is 8. The van der Waals surface area contributed by atoms with Crippen LogP contribution in [-0.4, -0.2) is 76.1 Å². The van der Waals surface area contributed by atoms with E-state index in [9.17, 15) is 4.79 Å². The van der Waals surface area contributed by atoms with E-state index in [4.69, 9.17) is 9.47 Å². The first kappa shape index (κ1) is 25.5. The maximum Gasteiger partial charge on any atom is 0.253 e. The average molecular weight is 530 g/mol. The third kappa shape index (κ3) is 5.14. The summed E-state index contributed by atoms with van der Waals surface area (Å²) in [4.78, 5) is 21.4. The van der Waals surface area contributed by atoms with Gasteiger partial charge >= 0.3 is 0 Å². The molecule has 10 heteroatoms. The Bertz CT molecular complexity index is 1490. The number of nitrogens with one attached hydrogen (secondary N) is 1. The van der Waals surface area contributed by atoms with E-state index in [0.717, 1.165) is 74.4 Å². The van der Waals surface area contributed by atoms with Crippen molar-refractivity contribution in [3.05, 3.63) is 75.8 Å². The second kappa shape index (κ2) is 11.2. The number of hydrogen-bond donors (Lipinski definition) is 1. The van der Waals surface area contributed by atoms with E-state index in [1.807, 2.05) is 35.0 Å². The molecular weight excluding hydrogens is 494 g/mol. The van der Waals surface area contributed by atoms with Crippen molar-refractivity contribution in [1.29, 1.82) is 0 Å². The van der Waals surface area contributed by atoms with Gasteiger partial charge in [-0.25, -0.2) is 4.68 Å². The van der Waals surface area contributed by atoms with Gasteiger partial charge in [0.05, 0.1) is 25.4 Å². The van der Waals surface area contributed by atoms with Gasteiger partial charge in [-0.15, -0.1) is 5.10 Å². The number of aryl methyl sites for hydroxylation is 1. The number of methoxy groups -OCH3 is 1. The Morgan fingerprint density at radius 2 is 1.97 bits per heavy atom. The van der Waals surface area contributed by atoms with Gasteiger partial charge in [0.25, 0.3) is 5.56 Å². The Morgan fingerprint density at radius 1 is 1.13 bits per heavy atom. The van der Waals surface area contributed by atoms with Crippen LogP contribution in [0.3, 0.4) is 0 Å². The lowest BCUT2D eigenvalue weighted by Gasteiger charge is -2.40. The Hall–Kier alpha value is -3.76. The van der Waals surface area contributed by atoms with Crippen LogP contribution in [0, 0.1) is 0 Å². The molecule has 4 heterocycles. The molecule has 0 aliphatic carbocycles. The lowest BCUT2D eigenvalue weighted by atomic mass is 10.0. The summed E-state index contributed by atoms with van der Waals surface area (Å²) in [7, 11) is 1.70. The summed E-state index contributed by atoms with van der Waals surface area (Å²) in [6.45, 7) is 6.53. The SMILES string of the molecule is CCc1ccc2[nH]c(=O)c([C@@H](c3nnnn3C[C@H]3CCCO3)N3CCN(c4ccccc4OC)CC3)cc2c1. The predicted octanol–water partition coefficient (Wildman–Crippen LogP) is 3.18. The lowest BCUT2D eigenvalue weighted by Crippen LogP contribution is -2.49. The first-order chi connectivity index (χ1) is 19.1. The van der Waals surface area contributed by atoms with E-state index >= 15 is 0 Å². The number of para-hydroxylation sites is 2. The van der Waals surface area contributed by atoms with Crippen LogP contribution < -0.4 is 15.2 Å². The van der Waals surface area contributed by atoms with Crippen molar-refractivity contribution < 1.29 is 9.47 Å². The maximum absolute atomic E-state index is 13.6. The third-order valence-electron chi connectivity index (χ3n) is 7.95. The van der Waals surface area contributed by atoms with Crippen molar-refractivity contribution in [3.63, 3.8) is 0 Å². The van der Waals surface area contributed by atoms with E-state index in [-0.39, 0.29) is 17.7 Å². The number of hydrogen-bond acceptors (Lipinski definition) is 8. The molecule has 2 fully saturated rings. The van der Waals surface area contributed by atoms with Gasteiger partial charge in [-0.2, -0.15) is 0 Å². The fourth-order valence-electron chi connectivity index (χ4n) is 5.83. The molecule has 1 N–H and O–H groups in total. The second-order valence-electron chi connectivity index (χ2n) is 10.3. The van der Waals surface area contributed by atoms with Crippen molar-refractivity contribution in [2.75, 3.05) is 44.8 Å². The molecule has 39 heavy (non-hydrogen) atoms. The van der Waals surface area contributed by atoms with Crippen LogP contribution in [0.25, 0.3) is 10.9 Å². The van der Waals surface area contributed by atoms with Crippen LogP contribution in [-0.2, 0) is 17.7 Å². The first-order valence-electron chi connectivity index (χ1n) is 13.8. The number of nitrogens with zero attached hydrogens (tertiary/aromatic N) is 6. The van der Waals surface area contributed by atoms with Gasteiger partial charge in [0.15, 0.2) is 5.82 Å². The summed E-state index contributed by atoms with van der Waals surface area (Å²) < 4.78 is 13.3. The monoisotopic (exact) mass is 529 g/mol. The quantitative estimate of drug-likeness (QED) is 0.372. The van der Waals surface area contributed by atoms with E-state index in [0.29, 0.717) is 17.9 Å². The molecule has 0 spiro atoms. The number of fused-ring (bicyclic) bond motifs is 1. The molecule has 2 aliphatic heterocycles.